The Labute approximate surface area is 372 Å². The summed E-state index contributed by atoms with van der Waals surface area (Å²) in [5.74, 6) is 0.606. The van der Waals surface area contributed by atoms with Crippen molar-refractivity contribution in [3.63, 3.8) is 0 Å². The third-order valence-electron chi connectivity index (χ3n) is 13.3. The van der Waals surface area contributed by atoms with E-state index in [1.54, 1.807) is 0 Å². The van der Waals surface area contributed by atoms with Crippen molar-refractivity contribution in [1.82, 2.24) is 5.32 Å². The van der Waals surface area contributed by atoms with Crippen molar-refractivity contribution in [3.8, 4) is 0 Å². The molecule has 61 heavy (non-hydrogen) atoms. The first kappa shape index (κ1) is 56.2. The number of amides is 1. The molecule has 1 amide bonds. The molecule has 2 fully saturated rings. The molecule has 0 unspecified atom stereocenters. The van der Waals surface area contributed by atoms with Gasteiger partial charge in [0, 0.05) is 12.3 Å². The van der Waals surface area contributed by atoms with Crippen molar-refractivity contribution >= 4 is 5.91 Å². The second kappa shape index (κ2) is 38.4. The molecule has 0 spiro atoms. The molecule has 2 saturated heterocycles. The van der Waals surface area contributed by atoms with Gasteiger partial charge in [0.05, 0.1) is 38.6 Å². The second-order valence-corrected chi connectivity index (χ2v) is 19.0. The summed E-state index contributed by atoms with van der Waals surface area (Å²) in [4.78, 5) is 13.0. The lowest BCUT2D eigenvalue weighted by atomic mass is 9.98. The number of hydrogen-bond donors (Lipinski definition) is 7. The second-order valence-electron chi connectivity index (χ2n) is 19.0. The molecule has 2 heterocycles. The summed E-state index contributed by atoms with van der Waals surface area (Å²) in [6, 6.07) is -0.986. The molecule has 0 aromatic rings. The third-order valence-corrected chi connectivity index (χ3v) is 13.3. The van der Waals surface area contributed by atoms with Crippen LogP contribution in [0, 0.1) is 5.92 Å². The van der Waals surface area contributed by atoms with E-state index in [0.717, 1.165) is 70.5 Å². The molecule has 7 N–H and O–H groups in total. The molecule has 0 aliphatic carbocycles. The van der Waals surface area contributed by atoms with Crippen molar-refractivity contribution in [2.75, 3.05) is 26.4 Å². The quantitative estimate of drug-likeness (QED) is 0.0292. The molecule has 2 rings (SSSR count). The van der Waals surface area contributed by atoms with Crippen LogP contribution in [0.25, 0.3) is 0 Å². The largest absolute Gasteiger partial charge is 0.394 e. The van der Waals surface area contributed by atoms with Crippen molar-refractivity contribution in [2.45, 2.75) is 281 Å². The number of hydrogen-bond acceptors (Lipinski definition) is 10. The van der Waals surface area contributed by atoms with E-state index in [9.17, 15) is 35.4 Å². The SMILES string of the molecule is CCCCCCCCCCCCCC[C@@H](O)[C@@H](O)[C@H](CO[C@H]1O[C@H](CO)[C@H](O)[C@H](O)[C@H]1O)NC(=O)CCCCCCCCCCCCCCCCCCCCCCC1COC1. The van der Waals surface area contributed by atoms with Crippen LogP contribution >= 0.6 is 0 Å². The van der Waals surface area contributed by atoms with Crippen molar-refractivity contribution in [3.05, 3.63) is 0 Å². The van der Waals surface area contributed by atoms with Crippen LogP contribution in [-0.2, 0) is 19.0 Å². The average Bonchev–Trinajstić information content (AvgIpc) is 3.24. The zero-order valence-electron chi connectivity index (χ0n) is 39.1. The predicted octanol–water partition coefficient (Wildman–Crippen LogP) is 9.33. The topological polar surface area (TPSA) is 178 Å². The molecule has 362 valence electrons. The first-order chi connectivity index (χ1) is 29.8. The van der Waals surface area contributed by atoms with Crippen LogP contribution in [0.1, 0.15) is 232 Å². The lowest BCUT2D eigenvalue weighted by molar-refractivity contribution is -0.303. The van der Waals surface area contributed by atoms with Gasteiger partial charge in [-0.3, -0.25) is 4.79 Å². The molecule has 2 aliphatic rings. The van der Waals surface area contributed by atoms with Crippen molar-refractivity contribution < 1.29 is 49.6 Å². The average molecular weight is 872 g/mol. The van der Waals surface area contributed by atoms with Gasteiger partial charge in [0.15, 0.2) is 6.29 Å². The van der Waals surface area contributed by atoms with Crippen LogP contribution in [0.4, 0.5) is 0 Å². The van der Waals surface area contributed by atoms with Crippen LogP contribution < -0.4 is 5.32 Å². The van der Waals surface area contributed by atoms with Crippen molar-refractivity contribution in [2.24, 2.45) is 5.92 Å². The van der Waals surface area contributed by atoms with Gasteiger partial charge in [-0.2, -0.15) is 0 Å². The van der Waals surface area contributed by atoms with Crippen LogP contribution in [0.3, 0.4) is 0 Å². The highest BCUT2D eigenvalue weighted by atomic mass is 16.7. The number of aliphatic hydroxyl groups excluding tert-OH is 6. The summed E-state index contributed by atoms with van der Waals surface area (Å²) in [5, 5.41) is 65.3. The third kappa shape index (κ3) is 27.9. The molecule has 2 aliphatic heterocycles. The van der Waals surface area contributed by atoms with Crippen LogP contribution in [0.2, 0.25) is 0 Å². The van der Waals surface area contributed by atoms with Gasteiger partial charge in [0.1, 0.15) is 30.5 Å². The van der Waals surface area contributed by atoms with Gasteiger partial charge in [0.25, 0.3) is 0 Å². The smallest absolute Gasteiger partial charge is 0.220 e. The lowest BCUT2D eigenvalue weighted by Gasteiger charge is -2.40. The summed E-state index contributed by atoms with van der Waals surface area (Å²) < 4.78 is 16.4. The minimum atomic E-state index is -1.60. The summed E-state index contributed by atoms with van der Waals surface area (Å²) in [7, 11) is 0. The number of nitrogens with one attached hydrogen (secondary N) is 1. The number of carbonyl (C=O) groups excluding carboxylic acids is 1. The van der Waals surface area contributed by atoms with Gasteiger partial charge in [-0.25, -0.2) is 0 Å². The highest BCUT2D eigenvalue weighted by Crippen LogP contribution is 2.24. The maximum absolute atomic E-state index is 13.0. The van der Waals surface area contributed by atoms with Crippen LogP contribution in [0.15, 0.2) is 0 Å². The van der Waals surface area contributed by atoms with Gasteiger partial charge in [0.2, 0.25) is 5.91 Å². The molecule has 0 radical (unpaired) electrons. The van der Waals surface area contributed by atoms with Crippen LogP contribution in [0.5, 0.6) is 0 Å². The molecular formula is C50H97NO10. The van der Waals surface area contributed by atoms with E-state index in [0.29, 0.717) is 6.42 Å². The zero-order valence-corrected chi connectivity index (χ0v) is 39.1. The number of carbonyl (C=O) groups is 1. The molecule has 0 aromatic heterocycles. The van der Waals surface area contributed by atoms with E-state index in [1.807, 2.05) is 0 Å². The minimum absolute atomic E-state index is 0.254. The van der Waals surface area contributed by atoms with E-state index in [1.165, 1.54) is 161 Å². The summed E-state index contributed by atoms with van der Waals surface area (Å²) in [5.41, 5.74) is 0. The van der Waals surface area contributed by atoms with Crippen molar-refractivity contribution in [1.29, 1.82) is 0 Å². The predicted molar refractivity (Wildman–Crippen MR) is 245 cm³/mol. The Balaban J connectivity index is 1.54. The van der Waals surface area contributed by atoms with Gasteiger partial charge in [-0.1, -0.05) is 206 Å². The molecule has 0 bridgehead atoms. The molecule has 11 heteroatoms. The Morgan fingerprint density at radius 3 is 1.44 bits per heavy atom. The van der Waals surface area contributed by atoms with Gasteiger partial charge >= 0.3 is 0 Å². The number of ether oxygens (including phenoxy) is 3. The van der Waals surface area contributed by atoms with E-state index in [2.05, 4.69) is 12.2 Å². The lowest BCUT2D eigenvalue weighted by Crippen LogP contribution is -2.60. The minimum Gasteiger partial charge on any atom is -0.394 e. The number of aliphatic hydroxyl groups is 6. The first-order valence-electron chi connectivity index (χ1n) is 25.9. The standard InChI is InChI=1S/C50H97NO10/c1-2-3-4-5-6-7-8-20-23-26-29-32-35-43(53)46(55)42(40-60-50-49(58)48(57)47(56)44(37-52)61-50)51-45(54)36-33-30-27-24-21-18-16-14-12-10-9-11-13-15-17-19-22-25-28-31-34-41-38-59-39-41/h41-44,46-50,52-53,55-58H,2-40H2,1H3,(H,51,54)/t42-,43+,44+,46-,47-,48-,49+,50-/m0/s1. The van der Waals surface area contributed by atoms with E-state index < -0.39 is 55.6 Å². The van der Waals surface area contributed by atoms with Gasteiger partial charge < -0.3 is 50.2 Å². The molecular weight excluding hydrogens is 775 g/mol. The van der Waals surface area contributed by atoms with Crippen LogP contribution in [-0.4, -0.2) is 112 Å². The monoisotopic (exact) mass is 872 g/mol. The Hall–Kier alpha value is -0.890. The number of rotatable bonds is 43. The maximum atomic E-state index is 13.0. The fourth-order valence-electron chi connectivity index (χ4n) is 8.89. The Morgan fingerprint density at radius 1 is 0.590 bits per heavy atom. The highest BCUT2D eigenvalue weighted by molar-refractivity contribution is 5.76. The maximum Gasteiger partial charge on any atom is 0.220 e. The Kier molecular flexibility index (Phi) is 35.4. The van der Waals surface area contributed by atoms with E-state index in [-0.39, 0.29) is 18.9 Å². The summed E-state index contributed by atoms with van der Waals surface area (Å²) in [6.07, 6.45) is 32.4. The van der Waals surface area contributed by atoms with E-state index >= 15 is 0 Å². The fourth-order valence-corrected chi connectivity index (χ4v) is 8.89. The van der Waals surface area contributed by atoms with Gasteiger partial charge in [-0.15, -0.1) is 0 Å². The Morgan fingerprint density at radius 2 is 1.02 bits per heavy atom. The fraction of sp³-hybridized carbons (Fsp3) is 0.980. The highest BCUT2D eigenvalue weighted by Gasteiger charge is 2.44. The normalized spacial score (nSPS) is 22.2. The zero-order chi connectivity index (χ0) is 44.2. The summed E-state index contributed by atoms with van der Waals surface area (Å²) in [6.45, 7) is 3.35. The first-order valence-corrected chi connectivity index (χ1v) is 25.9. The molecule has 0 saturated carbocycles. The summed E-state index contributed by atoms with van der Waals surface area (Å²) >= 11 is 0. The Bertz CT molecular complexity index is 986. The van der Waals surface area contributed by atoms with Gasteiger partial charge in [-0.05, 0) is 19.3 Å². The molecule has 0 aromatic carbocycles. The van der Waals surface area contributed by atoms with E-state index in [4.69, 9.17) is 14.2 Å². The molecule has 8 atom stereocenters. The number of unbranched alkanes of at least 4 members (excludes halogenated alkanes) is 30. The molecule has 11 nitrogen and oxygen atoms in total.